The molecule has 0 atom stereocenters. The summed E-state index contributed by atoms with van der Waals surface area (Å²) < 4.78 is 2.18. The molecule has 1 fully saturated rings. The smallest absolute Gasteiger partial charge is 0.166 e. The third-order valence-electron chi connectivity index (χ3n) is 4.02. The number of hydrogen-bond acceptors (Lipinski definition) is 2. The molecule has 0 saturated heterocycles. The van der Waals surface area contributed by atoms with Crippen LogP contribution in [0, 0.1) is 0 Å². The van der Waals surface area contributed by atoms with Crippen molar-refractivity contribution in [3.8, 4) is 0 Å². The molecule has 18 heavy (non-hydrogen) atoms. The van der Waals surface area contributed by atoms with Gasteiger partial charge in [-0.1, -0.05) is 33.6 Å². The maximum atomic E-state index is 12.1. The van der Waals surface area contributed by atoms with Crippen LogP contribution in [0.15, 0.2) is 0 Å². The first kappa shape index (κ1) is 13.3. The van der Waals surface area contributed by atoms with E-state index in [1.54, 1.807) is 0 Å². The summed E-state index contributed by atoms with van der Waals surface area (Å²) in [6, 6.07) is 0.531. The predicted molar refractivity (Wildman–Crippen MR) is 73.1 cm³/mol. The number of carbonyl (C=O) groups excluding carboxylic acids is 1. The van der Waals surface area contributed by atoms with Gasteiger partial charge >= 0.3 is 0 Å². The van der Waals surface area contributed by atoms with Crippen LogP contribution in [-0.2, 0) is 12.8 Å². The normalized spacial score (nSPS) is 16.4. The van der Waals surface area contributed by atoms with Crippen molar-refractivity contribution in [3.63, 3.8) is 0 Å². The van der Waals surface area contributed by atoms with Crippen LogP contribution in [0.5, 0.6) is 0 Å². The number of Topliss-reactive ketones (excluding diaryl/α,β-unsaturated/α-hetero) is 1. The van der Waals surface area contributed by atoms with Gasteiger partial charge in [0.15, 0.2) is 5.78 Å². The van der Waals surface area contributed by atoms with E-state index in [4.69, 9.17) is 5.10 Å². The number of aryl methyl sites for hydroxylation is 1. The highest BCUT2D eigenvalue weighted by atomic mass is 16.1. The molecule has 1 aliphatic rings. The van der Waals surface area contributed by atoms with Gasteiger partial charge in [-0.3, -0.25) is 9.48 Å². The second-order valence-corrected chi connectivity index (χ2v) is 5.14. The van der Waals surface area contributed by atoms with Crippen LogP contribution in [0.3, 0.4) is 0 Å². The van der Waals surface area contributed by atoms with Gasteiger partial charge in [-0.15, -0.1) is 0 Å². The van der Waals surface area contributed by atoms with E-state index < -0.39 is 0 Å². The average Bonchev–Trinajstić information content (AvgIpc) is 3.03. The Hall–Kier alpha value is -1.12. The zero-order valence-electron chi connectivity index (χ0n) is 11.8. The van der Waals surface area contributed by atoms with E-state index in [0.717, 1.165) is 24.1 Å². The fraction of sp³-hybridized carbons (Fsp3) is 0.733. The zero-order chi connectivity index (χ0) is 13.1. The lowest BCUT2D eigenvalue weighted by molar-refractivity contribution is 0.0986. The van der Waals surface area contributed by atoms with E-state index in [-0.39, 0.29) is 5.78 Å². The van der Waals surface area contributed by atoms with Crippen molar-refractivity contribution in [2.24, 2.45) is 0 Å². The Balaban J connectivity index is 2.46. The van der Waals surface area contributed by atoms with Crippen LogP contribution in [0.2, 0.25) is 0 Å². The lowest BCUT2D eigenvalue weighted by Crippen LogP contribution is -2.11. The number of aromatic nitrogens is 2. The fourth-order valence-corrected chi connectivity index (χ4v) is 3.06. The van der Waals surface area contributed by atoms with Crippen molar-refractivity contribution in [2.75, 3.05) is 0 Å². The highest BCUT2D eigenvalue weighted by Crippen LogP contribution is 2.32. The Morgan fingerprint density at radius 3 is 2.39 bits per heavy atom. The van der Waals surface area contributed by atoms with Crippen molar-refractivity contribution in [3.05, 3.63) is 17.0 Å². The third kappa shape index (κ3) is 2.23. The molecule has 3 nitrogen and oxygen atoms in total. The molecule has 2 rings (SSSR count). The minimum atomic E-state index is 0.257. The second-order valence-electron chi connectivity index (χ2n) is 5.14. The summed E-state index contributed by atoms with van der Waals surface area (Å²) in [5.74, 6) is 0.257. The van der Waals surface area contributed by atoms with Crippen LogP contribution in [0.25, 0.3) is 0 Å². The summed E-state index contributed by atoms with van der Waals surface area (Å²) in [4.78, 5) is 12.1. The van der Waals surface area contributed by atoms with E-state index in [2.05, 4.69) is 18.5 Å². The van der Waals surface area contributed by atoms with E-state index in [0.29, 0.717) is 12.5 Å². The number of nitrogens with zero attached hydrogens (tertiary/aromatic N) is 2. The van der Waals surface area contributed by atoms with E-state index >= 15 is 0 Å². The van der Waals surface area contributed by atoms with Gasteiger partial charge in [0.2, 0.25) is 0 Å². The average molecular weight is 248 g/mol. The Labute approximate surface area is 110 Å². The molecule has 0 radical (unpaired) electrons. The predicted octanol–water partition coefficient (Wildman–Crippen LogP) is 3.72. The van der Waals surface area contributed by atoms with Gasteiger partial charge in [0.25, 0.3) is 0 Å². The SMILES string of the molecule is CCC(=O)c1c(CC)nn(C2CCCC2)c1CC. The molecule has 100 valence electrons. The number of ketones is 1. The molecule has 0 aromatic carbocycles. The monoisotopic (exact) mass is 248 g/mol. The number of rotatable bonds is 5. The van der Waals surface area contributed by atoms with Gasteiger partial charge in [-0.25, -0.2) is 0 Å². The van der Waals surface area contributed by atoms with E-state index in [1.807, 2.05) is 6.92 Å². The Kier molecular flexibility index (Phi) is 4.20. The molecule has 1 saturated carbocycles. The molecular weight excluding hydrogens is 224 g/mol. The Morgan fingerprint density at radius 1 is 1.22 bits per heavy atom. The minimum Gasteiger partial charge on any atom is -0.294 e. The van der Waals surface area contributed by atoms with Crippen molar-refractivity contribution >= 4 is 5.78 Å². The maximum absolute atomic E-state index is 12.1. The van der Waals surface area contributed by atoms with Gasteiger partial charge in [-0.2, -0.15) is 5.10 Å². The van der Waals surface area contributed by atoms with Gasteiger partial charge in [-0.05, 0) is 25.7 Å². The fourth-order valence-electron chi connectivity index (χ4n) is 3.06. The summed E-state index contributed by atoms with van der Waals surface area (Å²) in [5.41, 5.74) is 3.10. The van der Waals surface area contributed by atoms with Crippen molar-refractivity contribution in [1.82, 2.24) is 9.78 Å². The molecule has 1 aromatic rings. The standard InChI is InChI=1S/C15H24N2O/c1-4-12-15(14(18)6-3)13(5-2)17(16-12)11-9-7-8-10-11/h11H,4-10H2,1-3H3. The lowest BCUT2D eigenvalue weighted by Gasteiger charge is -2.13. The molecule has 1 aliphatic carbocycles. The molecule has 0 amide bonds. The largest absolute Gasteiger partial charge is 0.294 e. The van der Waals surface area contributed by atoms with Gasteiger partial charge in [0, 0.05) is 12.1 Å². The summed E-state index contributed by atoms with van der Waals surface area (Å²) in [6.07, 6.45) is 7.38. The molecule has 0 bridgehead atoms. The van der Waals surface area contributed by atoms with Crippen LogP contribution < -0.4 is 0 Å². The van der Waals surface area contributed by atoms with Crippen molar-refractivity contribution in [1.29, 1.82) is 0 Å². The van der Waals surface area contributed by atoms with E-state index in [9.17, 15) is 4.79 Å². The third-order valence-corrected chi connectivity index (χ3v) is 4.02. The molecule has 1 aromatic heterocycles. The first-order chi connectivity index (χ1) is 8.72. The van der Waals surface area contributed by atoms with Crippen LogP contribution in [0.4, 0.5) is 0 Å². The van der Waals surface area contributed by atoms with Crippen LogP contribution in [-0.4, -0.2) is 15.6 Å². The van der Waals surface area contributed by atoms with E-state index in [1.165, 1.54) is 31.4 Å². The first-order valence-electron chi connectivity index (χ1n) is 7.36. The first-order valence-corrected chi connectivity index (χ1v) is 7.36. The molecule has 0 unspecified atom stereocenters. The van der Waals surface area contributed by atoms with Gasteiger partial charge in [0.1, 0.15) is 0 Å². The Bertz CT molecular complexity index is 428. The summed E-state index contributed by atoms with van der Waals surface area (Å²) in [7, 11) is 0. The molecule has 3 heteroatoms. The minimum absolute atomic E-state index is 0.257. The summed E-state index contributed by atoms with van der Waals surface area (Å²) in [5, 5.41) is 4.75. The molecular formula is C15H24N2O. The molecule has 0 aliphatic heterocycles. The highest BCUT2D eigenvalue weighted by Gasteiger charge is 2.26. The highest BCUT2D eigenvalue weighted by molar-refractivity contribution is 5.98. The molecule has 0 spiro atoms. The second kappa shape index (κ2) is 5.68. The van der Waals surface area contributed by atoms with Gasteiger partial charge < -0.3 is 0 Å². The molecule has 0 N–H and O–H groups in total. The van der Waals surface area contributed by atoms with Crippen molar-refractivity contribution in [2.45, 2.75) is 71.8 Å². The summed E-state index contributed by atoms with van der Waals surface area (Å²) in [6.45, 7) is 6.16. The number of carbonyl (C=O) groups is 1. The Morgan fingerprint density at radius 2 is 1.89 bits per heavy atom. The maximum Gasteiger partial charge on any atom is 0.166 e. The van der Waals surface area contributed by atoms with Crippen LogP contribution >= 0.6 is 0 Å². The van der Waals surface area contributed by atoms with Crippen molar-refractivity contribution < 1.29 is 4.79 Å². The van der Waals surface area contributed by atoms with Gasteiger partial charge in [0.05, 0.1) is 17.3 Å². The topological polar surface area (TPSA) is 34.9 Å². The number of hydrogen-bond donors (Lipinski definition) is 0. The lowest BCUT2D eigenvalue weighted by atomic mass is 10.0. The molecule has 1 heterocycles. The quantitative estimate of drug-likeness (QED) is 0.744. The zero-order valence-corrected chi connectivity index (χ0v) is 11.8. The summed E-state index contributed by atoms with van der Waals surface area (Å²) >= 11 is 0. The van der Waals surface area contributed by atoms with Crippen LogP contribution in [0.1, 0.15) is 80.7 Å².